The topological polar surface area (TPSA) is 52.6 Å². The number of rotatable bonds is 4. The zero-order chi connectivity index (χ0) is 13.2. The van der Waals surface area contributed by atoms with Gasteiger partial charge in [0.15, 0.2) is 5.79 Å². The van der Waals surface area contributed by atoms with E-state index in [1.807, 2.05) is 27.0 Å². The fourth-order valence-corrected chi connectivity index (χ4v) is 2.07. The third-order valence-electron chi connectivity index (χ3n) is 2.56. The van der Waals surface area contributed by atoms with E-state index >= 15 is 0 Å². The van der Waals surface area contributed by atoms with E-state index in [0.29, 0.717) is 19.1 Å². The zero-order valence-electron chi connectivity index (χ0n) is 10.7. The maximum absolute atomic E-state index is 5.66. The summed E-state index contributed by atoms with van der Waals surface area (Å²) in [7, 11) is 1.83. The molecule has 0 aliphatic carbocycles. The van der Waals surface area contributed by atoms with Crippen LogP contribution < -0.4 is 10.1 Å². The first-order valence-corrected chi connectivity index (χ1v) is 6.57. The van der Waals surface area contributed by atoms with Crippen molar-refractivity contribution in [2.45, 2.75) is 25.7 Å². The van der Waals surface area contributed by atoms with E-state index in [0.717, 1.165) is 10.2 Å². The van der Waals surface area contributed by atoms with Crippen LogP contribution in [0, 0.1) is 0 Å². The summed E-state index contributed by atoms with van der Waals surface area (Å²) < 4.78 is 17.7. The Balaban J connectivity index is 1.94. The molecule has 1 aromatic rings. The molecule has 100 valence electrons. The van der Waals surface area contributed by atoms with Crippen molar-refractivity contribution >= 4 is 21.6 Å². The highest BCUT2D eigenvalue weighted by Gasteiger charge is 2.33. The second kappa shape index (κ2) is 5.42. The first-order chi connectivity index (χ1) is 8.50. The predicted molar refractivity (Wildman–Crippen MR) is 71.9 cm³/mol. The summed E-state index contributed by atoms with van der Waals surface area (Å²) in [6.45, 7) is 4.75. The van der Waals surface area contributed by atoms with Gasteiger partial charge in [0.1, 0.15) is 12.7 Å². The summed E-state index contributed by atoms with van der Waals surface area (Å²) in [5, 5.41) is 3.04. The Morgan fingerprint density at radius 2 is 2.39 bits per heavy atom. The van der Waals surface area contributed by atoms with Crippen molar-refractivity contribution in [3.05, 3.63) is 16.7 Å². The molecule has 0 amide bonds. The van der Waals surface area contributed by atoms with Gasteiger partial charge in [0, 0.05) is 17.7 Å². The van der Waals surface area contributed by atoms with Gasteiger partial charge in [-0.1, -0.05) is 0 Å². The number of nitrogens with zero attached hydrogens (tertiary/aromatic N) is 1. The molecule has 2 heterocycles. The van der Waals surface area contributed by atoms with Crippen molar-refractivity contribution in [3.63, 3.8) is 0 Å². The lowest BCUT2D eigenvalue weighted by Gasteiger charge is -2.17. The lowest BCUT2D eigenvalue weighted by atomic mass is 10.4. The van der Waals surface area contributed by atoms with Gasteiger partial charge in [0.2, 0.25) is 5.88 Å². The summed E-state index contributed by atoms with van der Waals surface area (Å²) in [6.07, 6.45) is 1.64. The van der Waals surface area contributed by atoms with Crippen LogP contribution in [0.4, 0.5) is 5.69 Å². The summed E-state index contributed by atoms with van der Waals surface area (Å²) >= 11 is 3.37. The van der Waals surface area contributed by atoms with Crippen LogP contribution in [0.2, 0.25) is 0 Å². The van der Waals surface area contributed by atoms with Gasteiger partial charge in [-0.25, -0.2) is 4.98 Å². The van der Waals surface area contributed by atoms with Gasteiger partial charge in [-0.05, 0) is 35.8 Å². The minimum Gasteiger partial charge on any atom is -0.473 e. The van der Waals surface area contributed by atoms with Crippen LogP contribution in [0.3, 0.4) is 0 Å². The third kappa shape index (κ3) is 3.34. The molecule has 18 heavy (non-hydrogen) atoms. The van der Waals surface area contributed by atoms with Gasteiger partial charge in [-0.15, -0.1) is 0 Å². The molecule has 0 radical (unpaired) electrons. The molecule has 1 N–H and O–H groups in total. The molecule has 5 nitrogen and oxygen atoms in total. The van der Waals surface area contributed by atoms with E-state index < -0.39 is 5.79 Å². The lowest BCUT2D eigenvalue weighted by molar-refractivity contribution is -0.141. The fraction of sp³-hybridized carbons (Fsp3) is 0.583. The summed E-state index contributed by atoms with van der Waals surface area (Å²) in [4.78, 5) is 4.22. The van der Waals surface area contributed by atoms with Crippen LogP contribution in [0.25, 0.3) is 0 Å². The number of hydrogen-bond donors (Lipinski definition) is 1. The normalized spacial score (nSPS) is 21.9. The number of aromatic nitrogens is 1. The van der Waals surface area contributed by atoms with Gasteiger partial charge in [-0.3, -0.25) is 0 Å². The second-order valence-corrected chi connectivity index (χ2v) is 5.43. The maximum atomic E-state index is 5.66. The Hall–Kier alpha value is -0.850. The molecule has 0 bridgehead atoms. The molecule has 2 rings (SSSR count). The Morgan fingerprint density at radius 1 is 1.61 bits per heavy atom. The monoisotopic (exact) mass is 316 g/mol. The van der Waals surface area contributed by atoms with Crippen molar-refractivity contribution in [2.24, 2.45) is 0 Å². The molecule has 0 saturated carbocycles. The first kappa shape index (κ1) is 13.6. The van der Waals surface area contributed by atoms with Gasteiger partial charge >= 0.3 is 0 Å². The number of anilines is 1. The maximum Gasteiger partial charge on any atom is 0.237 e. The SMILES string of the molecule is CNc1cc(Br)cnc1OCC1COC(C)(C)O1. The van der Waals surface area contributed by atoms with E-state index in [4.69, 9.17) is 14.2 Å². The van der Waals surface area contributed by atoms with Crippen LogP contribution in [0.1, 0.15) is 13.8 Å². The number of nitrogens with one attached hydrogen (secondary N) is 1. The second-order valence-electron chi connectivity index (χ2n) is 4.52. The van der Waals surface area contributed by atoms with Crippen LogP contribution in [0.5, 0.6) is 5.88 Å². The molecule has 1 aliphatic rings. The van der Waals surface area contributed by atoms with Crippen molar-refractivity contribution in [1.29, 1.82) is 0 Å². The van der Waals surface area contributed by atoms with Gasteiger partial charge < -0.3 is 19.5 Å². The highest BCUT2D eigenvalue weighted by atomic mass is 79.9. The van der Waals surface area contributed by atoms with Crippen molar-refractivity contribution < 1.29 is 14.2 Å². The molecule has 1 fully saturated rings. The number of pyridine rings is 1. The molecule has 0 aromatic carbocycles. The van der Waals surface area contributed by atoms with Crippen molar-refractivity contribution in [2.75, 3.05) is 25.6 Å². The van der Waals surface area contributed by atoms with E-state index in [-0.39, 0.29) is 6.10 Å². The van der Waals surface area contributed by atoms with E-state index in [9.17, 15) is 0 Å². The number of halogens is 1. The smallest absolute Gasteiger partial charge is 0.237 e. The average molecular weight is 317 g/mol. The van der Waals surface area contributed by atoms with Gasteiger partial charge in [0.25, 0.3) is 0 Å². The molecule has 1 aliphatic heterocycles. The van der Waals surface area contributed by atoms with Crippen molar-refractivity contribution in [3.8, 4) is 5.88 Å². The van der Waals surface area contributed by atoms with E-state index in [2.05, 4.69) is 26.2 Å². The van der Waals surface area contributed by atoms with Crippen LogP contribution in [-0.2, 0) is 9.47 Å². The van der Waals surface area contributed by atoms with Crippen LogP contribution in [-0.4, -0.2) is 37.1 Å². The van der Waals surface area contributed by atoms with Crippen molar-refractivity contribution in [1.82, 2.24) is 4.98 Å². The van der Waals surface area contributed by atoms with Gasteiger partial charge in [-0.2, -0.15) is 0 Å². The Kier molecular flexibility index (Phi) is 4.09. The first-order valence-electron chi connectivity index (χ1n) is 5.78. The standard InChI is InChI=1S/C12H17BrN2O3/c1-12(2)17-7-9(18-12)6-16-11-10(14-3)4-8(13)5-15-11/h4-5,9,14H,6-7H2,1-3H3. The zero-order valence-corrected chi connectivity index (χ0v) is 12.3. The predicted octanol–water partition coefficient (Wildman–Crippen LogP) is 2.42. The Labute approximate surface area is 115 Å². The van der Waals surface area contributed by atoms with Gasteiger partial charge in [0.05, 0.1) is 12.3 Å². The molecule has 1 aromatic heterocycles. The minimum atomic E-state index is -0.521. The number of ether oxygens (including phenoxy) is 3. The molecule has 1 saturated heterocycles. The Bertz CT molecular complexity index is 426. The Morgan fingerprint density at radius 3 is 3.00 bits per heavy atom. The van der Waals surface area contributed by atoms with E-state index in [1.165, 1.54) is 0 Å². The molecule has 6 heteroatoms. The fourth-order valence-electron chi connectivity index (χ4n) is 1.74. The molecular formula is C12H17BrN2O3. The number of hydrogen-bond acceptors (Lipinski definition) is 5. The quantitative estimate of drug-likeness (QED) is 0.924. The largest absolute Gasteiger partial charge is 0.473 e. The molecule has 0 spiro atoms. The molecule has 1 unspecified atom stereocenters. The summed E-state index contributed by atoms with van der Waals surface area (Å²) in [5.41, 5.74) is 0.836. The molecular weight excluding hydrogens is 300 g/mol. The highest BCUT2D eigenvalue weighted by Crippen LogP contribution is 2.27. The third-order valence-corrected chi connectivity index (χ3v) is 2.99. The van der Waals surface area contributed by atoms with E-state index in [1.54, 1.807) is 6.20 Å². The minimum absolute atomic E-state index is 0.0600. The average Bonchev–Trinajstić information content (AvgIpc) is 2.67. The lowest BCUT2D eigenvalue weighted by Crippen LogP contribution is -2.25. The van der Waals surface area contributed by atoms with Crippen LogP contribution >= 0.6 is 15.9 Å². The summed E-state index contributed by atoms with van der Waals surface area (Å²) in [5.74, 6) is 0.0431. The molecule has 1 atom stereocenters. The van der Waals surface area contributed by atoms with Crippen LogP contribution in [0.15, 0.2) is 16.7 Å². The summed E-state index contributed by atoms with van der Waals surface area (Å²) in [6, 6.07) is 1.91. The highest BCUT2D eigenvalue weighted by molar-refractivity contribution is 9.10.